The van der Waals surface area contributed by atoms with E-state index in [1.165, 1.54) is 0 Å². The van der Waals surface area contributed by atoms with Crippen LogP contribution >= 0.6 is 204 Å². The van der Waals surface area contributed by atoms with E-state index in [9.17, 15) is 0 Å². The fraction of sp³-hybridized carbons (Fsp3) is 0. The molecule has 0 rings (SSSR count). The molecule has 0 radical (unpaired) electrons. The molecule has 0 atom stereocenters. The Labute approximate surface area is 200 Å². The van der Waals surface area contributed by atoms with Crippen molar-refractivity contribution in [1.82, 2.24) is 0 Å². The molecule has 0 heterocycles. The van der Waals surface area contributed by atoms with Crippen molar-refractivity contribution in [2.75, 3.05) is 0 Å². The van der Waals surface area contributed by atoms with E-state index >= 15 is 0 Å². The molecule has 12 heavy (non-hydrogen) atoms. The quantitative estimate of drug-likeness (QED) is 0.247. The van der Waals surface area contributed by atoms with Gasteiger partial charge in [0.2, 0.25) is 0 Å². The highest BCUT2D eigenvalue weighted by atomic mass is 79.9. The second-order valence-corrected chi connectivity index (χ2v) is 0. The second kappa shape index (κ2) is 125. The van der Waals surface area contributed by atoms with E-state index in [4.69, 9.17) is 0 Å². The van der Waals surface area contributed by atoms with E-state index in [1.54, 1.807) is 0 Å². The molecule has 0 N–H and O–H groups in total. The average molecular weight is 971 g/mol. The van der Waals surface area contributed by atoms with Crippen LogP contribution in [0.3, 0.4) is 0 Å². The normalized spacial score (nSPS) is 0. The molecule has 0 fully saturated rings. The number of hydrogen-bond acceptors (Lipinski definition) is 0. The Morgan fingerprint density at radius 1 is 0.0833 bits per heavy atom. The van der Waals surface area contributed by atoms with Crippen molar-refractivity contribution in [2.24, 2.45) is 0 Å². The molecule has 96 valence electrons. The summed E-state index contributed by atoms with van der Waals surface area (Å²) >= 11 is 0. The Kier molecular flexibility index (Phi) is 1570. The summed E-state index contributed by atoms with van der Waals surface area (Å²) in [5.41, 5.74) is 0. The molecule has 0 aliphatic carbocycles. The highest BCUT2D eigenvalue weighted by Crippen LogP contribution is 0.857. The summed E-state index contributed by atoms with van der Waals surface area (Å²) in [6, 6.07) is 0. The molecular formula is H12Br12. The van der Waals surface area contributed by atoms with Gasteiger partial charge in [0.05, 0.1) is 0 Å². The van der Waals surface area contributed by atoms with Crippen LogP contribution in [0.25, 0.3) is 0 Å². The van der Waals surface area contributed by atoms with Gasteiger partial charge in [0.15, 0.2) is 0 Å². The van der Waals surface area contributed by atoms with Gasteiger partial charge in [0.25, 0.3) is 0 Å². The predicted molar refractivity (Wildman–Crippen MR) is 124 cm³/mol. The first-order valence-corrected chi connectivity index (χ1v) is 0. The minimum atomic E-state index is 0. The van der Waals surface area contributed by atoms with E-state index in [1.807, 2.05) is 0 Å². The largest absolute Gasteiger partial charge is 0.114 e. The molecule has 12 heteroatoms. The Morgan fingerprint density at radius 3 is 0.0833 bits per heavy atom. The molecule has 0 aliphatic heterocycles. The highest BCUT2D eigenvalue weighted by Gasteiger charge is -0.103. The third-order valence-electron chi connectivity index (χ3n) is 0. The number of rotatable bonds is 0. The van der Waals surface area contributed by atoms with E-state index in [-0.39, 0.29) is 204 Å². The zero-order valence-electron chi connectivity index (χ0n) is 4.90. The van der Waals surface area contributed by atoms with Crippen LogP contribution in [0, 0.1) is 0 Å². The highest BCUT2D eigenvalue weighted by molar-refractivity contribution is 8.94. The minimum Gasteiger partial charge on any atom is -0.114 e. The van der Waals surface area contributed by atoms with Crippen molar-refractivity contribution in [3.8, 4) is 0 Å². The van der Waals surface area contributed by atoms with Gasteiger partial charge >= 0.3 is 0 Å². The first-order chi connectivity index (χ1) is 0. The summed E-state index contributed by atoms with van der Waals surface area (Å²) < 4.78 is 0. The lowest BCUT2D eigenvalue weighted by Crippen LogP contribution is 0.845. The van der Waals surface area contributed by atoms with Gasteiger partial charge in [-0.05, 0) is 0 Å². The molecular weight excluding hydrogens is 959 g/mol. The number of hydrogen-bond donors (Lipinski definition) is 0. The van der Waals surface area contributed by atoms with Gasteiger partial charge in [-0.25, -0.2) is 0 Å². The van der Waals surface area contributed by atoms with Crippen LogP contribution in [0.5, 0.6) is 0 Å². The molecule has 0 aromatic heterocycles. The summed E-state index contributed by atoms with van der Waals surface area (Å²) in [5, 5.41) is 0. The first-order valence-electron chi connectivity index (χ1n) is 0. The third kappa shape index (κ3) is 103. The lowest BCUT2D eigenvalue weighted by molar-refractivity contribution is 8.93. The van der Waals surface area contributed by atoms with Crippen LogP contribution < -0.4 is 0 Å². The summed E-state index contributed by atoms with van der Waals surface area (Å²) in [7, 11) is 0. The summed E-state index contributed by atoms with van der Waals surface area (Å²) in [6.45, 7) is 0. The number of halogens is 12. The maximum Gasteiger partial charge on any atom is -0.114 e. The third-order valence-corrected chi connectivity index (χ3v) is 0. The molecule has 0 bridgehead atoms. The molecule has 0 saturated heterocycles. The van der Waals surface area contributed by atoms with Crippen LogP contribution in [0.2, 0.25) is 0 Å². The van der Waals surface area contributed by atoms with Crippen LogP contribution in [0.1, 0.15) is 0 Å². The Bertz CT molecular complexity index is 0. The van der Waals surface area contributed by atoms with Crippen molar-refractivity contribution in [3.63, 3.8) is 0 Å². The summed E-state index contributed by atoms with van der Waals surface area (Å²) in [6.07, 6.45) is 0. The van der Waals surface area contributed by atoms with E-state index in [0.717, 1.165) is 0 Å². The van der Waals surface area contributed by atoms with E-state index in [2.05, 4.69) is 0 Å². The van der Waals surface area contributed by atoms with Gasteiger partial charge in [0, 0.05) is 0 Å². The van der Waals surface area contributed by atoms with Gasteiger partial charge in [-0.3, -0.25) is 0 Å². The minimum absolute atomic E-state index is 0. The second-order valence-electron chi connectivity index (χ2n) is 0. The summed E-state index contributed by atoms with van der Waals surface area (Å²) in [4.78, 5) is 0. The van der Waals surface area contributed by atoms with Gasteiger partial charge in [0.1, 0.15) is 0 Å². The SMILES string of the molecule is Br.Br.Br.Br.Br.Br.Br.Br.Br.Br.Br.Br. The Hall–Kier alpha value is 5.76. The van der Waals surface area contributed by atoms with Crippen LogP contribution in [-0.2, 0) is 0 Å². The molecule has 0 unspecified atom stereocenters. The zero-order valence-corrected chi connectivity index (χ0v) is 25.5. The zero-order chi connectivity index (χ0) is 0. The summed E-state index contributed by atoms with van der Waals surface area (Å²) in [5.74, 6) is 0. The van der Waals surface area contributed by atoms with Gasteiger partial charge in [-0.1, -0.05) is 0 Å². The first kappa shape index (κ1) is 150. The fourth-order valence-corrected chi connectivity index (χ4v) is 0. The molecule has 0 aliphatic rings. The van der Waals surface area contributed by atoms with Crippen molar-refractivity contribution >= 4 is 204 Å². The molecule has 0 spiro atoms. The van der Waals surface area contributed by atoms with Crippen molar-refractivity contribution in [1.29, 1.82) is 0 Å². The van der Waals surface area contributed by atoms with Crippen molar-refractivity contribution in [2.45, 2.75) is 0 Å². The Balaban J connectivity index is 0. The molecule has 0 amide bonds. The van der Waals surface area contributed by atoms with Crippen LogP contribution in [0.15, 0.2) is 0 Å². The monoisotopic (exact) mass is 959 g/mol. The van der Waals surface area contributed by atoms with Gasteiger partial charge in [-0.15, -0.1) is 204 Å². The van der Waals surface area contributed by atoms with E-state index < -0.39 is 0 Å². The van der Waals surface area contributed by atoms with Crippen molar-refractivity contribution < 1.29 is 0 Å². The smallest absolute Gasteiger partial charge is 0.114 e. The topological polar surface area (TPSA) is 0 Å². The van der Waals surface area contributed by atoms with E-state index in [0.29, 0.717) is 0 Å². The average Bonchev–Trinajstić information content (AvgIpc) is 0. The fourth-order valence-electron chi connectivity index (χ4n) is 0. The van der Waals surface area contributed by atoms with Crippen LogP contribution in [-0.4, -0.2) is 0 Å². The Morgan fingerprint density at radius 2 is 0.0833 bits per heavy atom. The molecule has 0 aromatic carbocycles. The molecule has 0 aromatic rings. The maximum atomic E-state index is 0. The van der Waals surface area contributed by atoms with Crippen molar-refractivity contribution in [3.05, 3.63) is 0 Å². The maximum absolute atomic E-state index is 0. The van der Waals surface area contributed by atoms with Crippen LogP contribution in [0.4, 0.5) is 0 Å². The lowest BCUT2D eigenvalue weighted by Gasteiger charge is -0.115. The van der Waals surface area contributed by atoms with Gasteiger partial charge < -0.3 is 0 Å². The predicted octanol–water partition coefficient (Wildman–Crippen LogP) is 6.93. The molecule has 0 saturated carbocycles. The standard InChI is InChI=1S/12BrH/h12*1H. The molecule has 0 nitrogen and oxygen atoms in total. The lowest BCUT2D eigenvalue weighted by atomic mass is 79.9. The van der Waals surface area contributed by atoms with Gasteiger partial charge in [-0.2, -0.15) is 0 Å².